The number of allylic oxidation sites excluding steroid dienone is 15. The summed E-state index contributed by atoms with van der Waals surface area (Å²) >= 11 is 0. The van der Waals surface area contributed by atoms with Crippen molar-refractivity contribution in [1.29, 1.82) is 0 Å². The van der Waals surface area contributed by atoms with Gasteiger partial charge in [0.05, 0.1) is 6.42 Å². The topological polar surface area (TPSA) is 78.9 Å². The van der Waals surface area contributed by atoms with Crippen LogP contribution in [0, 0.1) is 0 Å². The Hall–Kier alpha value is -3.67. The number of hydrogen-bond acceptors (Lipinski definition) is 6. The summed E-state index contributed by atoms with van der Waals surface area (Å²) < 4.78 is 16.8. The lowest BCUT2D eigenvalue weighted by Gasteiger charge is -2.18. The summed E-state index contributed by atoms with van der Waals surface area (Å²) in [5.74, 6) is -1.04. The average molecular weight is 1110 g/mol. The molecule has 1 atom stereocenters. The van der Waals surface area contributed by atoms with E-state index in [2.05, 4.69) is 106 Å². The molecular weight excluding hydrogens is 985 g/mol. The normalized spacial score (nSPS) is 12.7. The molecule has 0 fully saturated rings. The van der Waals surface area contributed by atoms with E-state index in [0.717, 1.165) is 83.5 Å². The Morgan fingerprint density at radius 1 is 0.275 bits per heavy atom. The smallest absolute Gasteiger partial charge is 0.309 e. The molecule has 0 aliphatic carbocycles. The molecule has 0 rings (SSSR count). The highest BCUT2D eigenvalue weighted by molar-refractivity contribution is 5.72. The maximum Gasteiger partial charge on any atom is 0.309 e. The monoisotopic (exact) mass is 1110 g/mol. The molecule has 0 saturated heterocycles. The third-order valence-corrected chi connectivity index (χ3v) is 14.8. The van der Waals surface area contributed by atoms with E-state index >= 15 is 0 Å². The number of rotatable bonds is 62. The highest BCUT2D eigenvalue weighted by Gasteiger charge is 2.19. The van der Waals surface area contributed by atoms with Crippen LogP contribution in [0.5, 0.6) is 0 Å². The van der Waals surface area contributed by atoms with E-state index in [1.165, 1.54) is 212 Å². The molecule has 0 aromatic carbocycles. The average Bonchev–Trinajstić information content (AvgIpc) is 3.46. The summed E-state index contributed by atoms with van der Waals surface area (Å²) in [4.78, 5) is 38.3. The zero-order valence-corrected chi connectivity index (χ0v) is 52.8. The minimum absolute atomic E-state index is 0.109. The molecule has 6 heteroatoms. The number of carbonyl (C=O) groups is 3. The molecule has 1 unspecified atom stereocenters. The van der Waals surface area contributed by atoms with Crippen molar-refractivity contribution in [2.24, 2.45) is 0 Å². The first-order valence-corrected chi connectivity index (χ1v) is 34.2. The van der Waals surface area contributed by atoms with Crippen molar-refractivity contribution >= 4 is 17.9 Å². The lowest BCUT2D eigenvalue weighted by atomic mass is 10.0. The molecule has 0 heterocycles. The van der Waals surface area contributed by atoms with Crippen molar-refractivity contribution < 1.29 is 28.6 Å². The van der Waals surface area contributed by atoms with Gasteiger partial charge in [0.1, 0.15) is 13.2 Å². The Labute approximate surface area is 496 Å². The predicted molar refractivity (Wildman–Crippen MR) is 348 cm³/mol. The molecule has 6 nitrogen and oxygen atoms in total. The largest absolute Gasteiger partial charge is 0.462 e. The van der Waals surface area contributed by atoms with Gasteiger partial charge in [-0.05, 0) is 103 Å². The fourth-order valence-corrected chi connectivity index (χ4v) is 9.72. The number of esters is 3. The lowest BCUT2D eigenvalue weighted by molar-refractivity contribution is -0.166. The van der Waals surface area contributed by atoms with Gasteiger partial charge in [-0.15, -0.1) is 0 Å². The number of hydrogen-bond donors (Lipinski definition) is 0. The van der Waals surface area contributed by atoms with Crippen molar-refractivity contribution in [1.82, 2.24) is 0 Å². The summed E-state index contributed by atoms with van der Waals surface area (Å²) in [5, 5.41) is 0. The van der Waals surface area contributed by atoms with Gasteiger partial charge in [-0.25, -0.2) is 0 Å². The Balaban J connectivity index is 4.31. The third kappa shape index (κ3) is 65.1. The van der Waals surface area contributed by atoms with Crippen molar-refractivity contribution in [2.45, 2.75) is 341 Å². The second kappa shape index (κ2) is 67.8. The van der Waals surface area contributed by atoms with Crippen molar-refractivity contribution in [3.8, 4) is 0 Å². The summed E-state index contributed by atoms with van der Waals surface area (Å²) in [6.07, 6.45) is 91.8. The van der Waals surface area contributed by atoms with Gasteiger partial charge < -0.3 is 14.2 Å². The minimum Gasteiger partial charge on any atom is -0.462 e. The highest BCUT2D eigenvalue weighted by Crippen LogP contribution is 2.17. The van der Waals surface area contributed by atoms with Crippen molar-refractivity contribution in [3.05, 3.63) is 97.2 Å². The second-order valence-electron chi connectivity index (χ2n) is 22.7. The van der Waals surface area contributed by atoms with Crippen LogP contribution in [0.15, 0.2) is 97.2 Å². The molecule has 0 amide bonds. The molecule has 0 bridgehead atoms. The van der Waals surface area contributed by atoms with Gasteiger partial charge in [-0.3, -0.25) is 14.4 Å². The zero-order valence-electron chi connectivity index (χ0n) is 52.8. The maximum absolute atomic E-state index is 12.9. The molecule has 0 aromatic heterocycles. The molecule has 0 saturated carbocycles. The van der Waals surface area contributed by atoms with Gasteiger partial charge in [0.25, 0.3) is 0 Å². The van der Waals surface area contributed by atoms with Crippen molar-refractivity contribution in [2.75, 3.05) is 13.2 Å². The molecule has 0 aliphatic heterocycles. The highest BCUT2D eigenvalue weighted by atomic mass is 16.6. The van der Waals surface area contributed by atoms with E-state index in [4.69, 9.17) is 14.2 Å². The summed E-state index contributed by atoms with van der Waals surface area (Å²) in [7, 11) is 0. The Morgan fingerprint density at radius 2 is 0.537 bits per heavy atom. The Kier molecular flexibility index (Phi) is 64.7. The maximum atomic E-state index is 12.9. The first-order chi connectivity index (χ1) is 39.5. The standard InChI is InChI=1S/C74H128O6/c1-4-7-10-13-16-19-22-25-28-30-32-33-34-35-36-37-38-39-40-41-42-44-46-49-52-55-58-61-64-67-73(76)79-70-71(69-78-72(75)66-63-60-57-54-51-48-45-27-24-21-18-15-12-9-6-3)80-74(77)68-65-62-59-56-53-50-47-43-31-29-26-23-20-17-14-11-8-5-2/h9,12,18,20-21,23,27,29-32,45,51,54,60,63,71H,4-8,10-11,13-17,19,22,24-26,28,33-44,46-50,52-53,55-59,61-62,64-70H2,1-3H3/b12-9-,21-18-,23-20-,31-29-,32-30-,45-27-,54-51-,63-60-. The van der Waals surface area contributed by atoms with Crippen LogP contribution < -0.4 is 0 Å². The van der Waals surface area contributed by atoms with Crippen molar-refractivity contribution in [3.63, 3.8) is 0 Å². The van der Waals surface area contributed by atoms with E-state index < -0.39 is 12.1 Å². The van der Waals surface area contributed by atoms with E-state index in [1.54, 1.807) is 6.08 Å². The second-order valence-corrected chi connectivity index (χ2v) is 22.7. The number of unbranched alkanes of at least 4 members (excludes halogenated alkanes) is 36. The molecule has 0 N–H and O–H groups in total. The lowest BCUT2D eigenvalue weighted by Crippen LogP contribution is -2.30. The van der Waals surface area contributed by atoms with Crippen LogP contribution in [0.3, 0.4) is 0 Å². The van der Waals surface area contributed by atoms with Crippen LogP contribution in [-0.2, 0) is 28.6 Å². The van der Waals surface area contributed by atoms with E-state index in [9.17, 15) is 14.4 Å². The zero-order chi connectivity index (χ0) is 57.8. The Morgan fingerprint density at radius 3 is 0.900 bits per heavy atom. The Bertz CT molecular complexity index is 1560. The molecule has 0 spiro atoms. The van der Waals surface area contributed by atoms with Gasteiger partial charge >= 0.3 is 17.9 Å². The van der Waals surface area contributed by atoms with Crippen LogP contribution in [0.1, 0.15) is 335 Å². The molecule has 80 heavy (non-hydrogen) atoms. The molecular formula is C74H128O6. The minimum atomic E-state index is -0.823. The van der Waals surface area contributed by atoms with Crippen LogP contribution in [0.4, 0.5) is 0 Å². The van der Waals surface area contributed by atoms with Gasteiger partial charge in [0.15, 0.2) is 6.10 Å². The molecule has 0 radical (unpaired) electrons. The SMILES string of the molecule is CC/C=C\C/C=C\C/C=C\C/C=C\C/C=C\CC(=O)OCC(COC(=O)CCCCCCCCCCCCCCCCCCC/C=C\CCCCCCCCCC)OC(=O)CCCCCCCCC/C=C\C/C=C\CCCCCC. The first-order valence-electron chi connectivity index (χ1n) is 34.2. The first kappa shape index (κ1) is 76.3. The molecule has 0 aliphatic rings. The predicted octanol–water partition coefficient (Wildman–Crippen LogP) is 23.6. The summed E-state index contributed by atoms with van der Waals surface area (Å²) in [6, 6.07) is 0. The van der Waals surface area contributed by atoms with Crippen LogP contribution in [-0.4, -0.2) is 37.2 Å². The van der Waals surface area contributed by atoms with Gasteiger partial charge in [0, 0.05) is 12.8 Å². The number of ether oxygens (including phenoxy) is 3. The molecule has 460 valence electrons. The quantitative estimate of drug-likeness (QED) is 0.0261. The van der Waals surface area contributed by atoms with Crippen LogP contribution in [0.25, 0.3) is 0 Å². The van der Waals surface area contributed by atoms with Crippen LogP contribution in [0.2, 0.25) is 0 Å². The third-order valence-electron chi connectivity index (χ3n) is 14.8. The molecule has 0 aromatic rings. The fraction of sp³-hybridized carbons (Fsp3) is 0.743. The van der Waals surface area contributed by atoms with Gasteiger partial charge in [-0.2, -0.15) is 0 Å². The number of carbonyl (C=O) groups excluding carboxylic acids is 3. The van der Waals surface area contributed by atoms with E-state index in [-0.39, 0.29) is 31.6 Å². The van der Waals surface area contributed by atoms with E-state index in [0.29, 0.717) is 12.8 Å². The van der Waals surface area contributed by atoms with E-state index in [1.807, 2.05) is 6.08 Å². The van der Waals surface area contributed by atoms with Crippen LogP contribution >= 0.6 is 0 Å². The fourth-order valence-electron chi connectivity index (χ4n) is 9.72. The van der Waals surface area contributed by atoms with Gasteiger partial charge in [-0.1, -0.05) is 311 Å². The summed E-state index contributed by atoms with van der Waals surface area (Å²) in [6.45, 7) is 6.45. The summed E-state index contributed by atoms with van der Waals surface area (Å²) in [5.41, 5.74) is 0. The van der Waals surface area contributed by atoms with Gasteiger partial charge in [0.2, 0.25) is 0 Å².